The van der Waals surface area contributed by atoms with Gasteiger partial charge < -0.3 is 0 Å². The molecule has 0 aromatic heterocycles. The van der Waals surface area contributed by atoms with Crippen LogP contribution in [0.15, 0.2) is 37.0 Å². The molecule has 0 aromatic carbocycles. The molecule has 1 radical (unpaired) electrons. The van der Waals surface area contributed by atoms with E-state index in [9.17, 15) is 0 Å². The fraction of sp³-hybridized carbons (Fsp3) is 0.222. The summed E-state index contributed by atoms with van der Waals surface area (Å²) in [6.07, 6.45) is 11.1. The molecule has 0 fully saturated rings. The Morgan fingerprint density at radius 2 is 2.22 bits per heavy atom. The molecule has 1 rings (SSSR count). The van der Waals surface area contributed by atoms with E-state index in [0.717, 1.165) is 6.42 Å². The van der Waals surface area contributed by atoms with Crippen molar-refractivity contribution in [3.8, 4) is 0 Å². The number of rotatable bonds is 1. The summed E-state index contributed by atoms with van der Waals surface area (Å²) in [5, 5.41) is 0. The van der Waals surface area contributed by atoms with Crippen LogP contribution in [0.5, 0.6) is 0 Å². The maximum Gasteiger partial charge on any atom is 0.00964 e. The topological polar surface area (TPSA) is 0 Å². The largest absolute Gasteiger partial charge is 0.102 e. The average molecular weight is 119 g/mol. The molecule has 0 saturated heterocycles. The van der Waals surface area contributed by atoms with Crippen molar-refractivity contribution in [2.45, 2.75) is 6.42 Å². The molecule has 1 atom stereocenters. The molecule has 0 spiro atoms. The molecule has 1 aliphatic rings. The van der Waals surface area contributed by atoms with E-state index in [1.165, 1.54) is 0 Å². The van der Waals surface area contributed by atoms with Crippen LogP contribution in [0, 0.1) is 12.3 Å². The minimum Gasteiger partial charge on any atom is -0.102 e. The van der Waals surface area contributed by atoms with Gasteiger partial charge in [0.2, 0.25) is 0 Å². The normalized spacial score (nSPS) is 32.6. The number of hydrogen-bond donors (Lipinski definition) is 0. The number of hydrogen-bond acceptors (Lipinski definition) is 0. The van der Waals surface area contributed by atoms with E-state index in [0.29, 0.717) is 0 Å². The van der Waals surface area contributed by atoms with Gasteiger partial charge in [-0.25, -0.2) is 0 Å². The summed E-state index contributed by atoms with van der Waals surface area (Å²) >= 11 is 0. The second-order valence-corrected chi connectivity index (χ2v) is 2.43. The van der Waals surface area contributed by atoms with Crippen LogP contribution in [0.2, 0.25) is 0 Å². The SMILES string of the molecule is [CH2]C1(C=C)C=CC=CC1. The summed E-state index contributed by atoms with van der Waals surface area (Å²) in [5.74, 6) is 0. The Labute approximate surface area is 56.6 Å². The first-order chi connectivity index (χ1) is 4.27. The summed E-state index contributed by atoms with van der Waals surface area (Å²) < 4.78 is 0. The van der Waals surface area contributed by atoms with Gasteiger partial charge in [-0.1, -0.05) is 30.4 Å². The molecular formula is C9H11. The zero-order valence-corrected chi connectivity index (χ0v) is 5.51. The molecule has 0 amide bonds. The van der Waals surface area contributed by atoms with E-state index in [1.807, 2.05) is 18.2 Å². The predicted molar refractivity (Wildman–Crippen MR) is 40.9 cm³/mol. The molecule has 0 heteroatoms. The fourth-order valence-corrected chi connectivity index (χ4v) is 0.833. The Morgan fingerprint density at radius 3 is 2.56 bits per heavy atom. The lowest BCUT2D eigenvalue weighted by Gasteiger charge is -2.20. The van der Waals surface area contributed by atoms with E-state index in [-0.39, 0.29) is 5.41 Å². The quantitative estimate of drug-likeness (QED) is 0.465. The van der Waals surface area contributed by atoms with E-state index in [1.54, 1.807) is 0 Å². The summed E-state index contributed by atoms with van der Waals surface area (Å²) in [6, 6.07) is 0. The van der Waals surface area contributed by atoms with Gasteiger partial charge in [-0.05, 0) is 13.3 Å². The highest BCUT2D eigenvalue weighted by Crippen LogP contribution is 2.26. The molecule has 0 aromatic rings. The Kier molecular flexibility index (Phi) is 1.56. The average Bonchev–Trinajstić information content (AvgIpc) is 1.90. The third kappa shape index (κ3) is 1.32. The maximum atomic E-state index is 3.99. The fourth-order valence-electron chi connectivity index (χ4n) is 0.833. The monoisotopic (exact) mass is 119 g/mol. The lowest BCUT2D eigenvalue weighted by Crippen LogP contribution is -2.09. The Bertz CT molecular complexity index is 163. The molecule has 1 unspecified atom stereocenters. The van der Waals surface area contributed by atoms with Gasteiger partial charge >= 0.3 is 0 Å². The van der Waals surface area contributed by atoms with E-state index in [4.69, 9.17) is 0 Å². The summed E-state index contributed by atoms with van der Waals surface area (Å²) in [5.41, 5.74) is -0.0330. The lowest BCUT2D eigenvalue weighted by molar-refractivity contribution is 0.631. The van der Waals surface area contributed by atoms with Crippen molar-refractivity contribution < 1.29 is 0 Å². The third-order valence-electron chi connectivity index (χ3n) is 1.58. The molecule has 1 aliphatic carbocycles. The summed E-state index contributed by atoms with van der Waals surface area (Å²) in [7, 11) is 0. The van der Waals surface area contributed by atoms with Crippen molar-refractivity contribution in [1.29, 1.82) is 0 Å². The van der Waals surface area contributed by atoms with Gasteiger partial charge in [0.1, 0.15) is 0 Å². The highest BCUT2D eigenvalue weighted by Gasteiger charge is 2.14. The highest BCUT2D eigenvalue weighted by atomic mass is 14.2. The van der Waals surface area contributed by atoms with Crippen LogP contribution >= 0.6 is 0 Å². The molecule has 0 bridgehead atoms. The van der Waals surface area contributed by atoms with Crippen LogP contribution in [0.1, 0.15) is 6.42 Å². The Hall–Kier alpha value is -0.780. The standard InChI is InChI=1S/C9H11/c1-3-9(2)7-5-4-6-8-9/h3-7H,1-2,8H2. The molecule has 0 N–H and O–H groups in total. The van der Waals surface area contributed by atoms with Gasteiger partial charge in [-0.2, -0.15) is 0 Å². The van der Waals surface area contributed by atoms with E-state index in [2.05, 4.69) is 25.7 Å². The van der Waals surface area contributed by atoms with Gasteiger partial charge in [0, 0.05) is 5.41 Å². The van der Waals surface area contributed by atoms with Gasteiger partial charge in [0.25, 0.3) is 0 Å². The second kappa shape index (κ2) is 2.22. The smallest absolute Gasteiger partial charge is 0.00964 e. The molecule has 0 aliphatic heterocycles. The first-order valence-corrected chi connectivity index (χ1v) is 3.10. The second-order valence-electron chi connectivity index (χ2n) is 2.43. The maximum absolute atomic E-state index is 3.99. The van der Waals surface area contributed by atoms with E-state index < -0.39 is 0 Å². The van der Waals surface area contributed by atoms with Crippen LogP contribution in [-0.2, 0) is 0 Å². The predicted octanol–water partition coefficient (Wildman–Crippen LogP) is 2.51. The van der Waals surface area contributed by atoms with Crippen molar-refractivity contribution in [3.05, 3.63) is 43.9 Å². The molecule has 9 heavy (non-hydrogen) atoms. The van der Waals surface area contributed by atoms with Crippen LogP contribution < -0.4 is 0 Å². The third-order valence-corrected chi connectivity index (χ3v) is 1.58. The zero-order valence-electron chi connectivity index (χ0n) is 5.51. The molecular weight excluding hydrogens is 108 g/mol. The number of allylic oxidation sites excluding steroid dienone is 5. The highest BCUT2D eigenvalue weighted by molar-refractivity contribution is 5.22. The molecule has 0 nitrogen and oxygen atoms in total. The van der Waals surface area contributed by atoms with Crippen LogP contribution in [-0.4, -0.2) is 0 Å². The van der Waals surface area contributed by atoms with E-state index >= 15 is 0 Å². The lowest BCUT2D eigenvalue weighted by atomic mass is 9.84. The Balaban J connectivity index is 2.73. The van der Waals surface area contributed by atoms with Crippen molar-refractivity contribution in [2.24, 2.45) is 5.41 Å². The van der Waals surface area contributed by atoms with Crippen LogP contribution in [0.25, 0.3) is 0 Å². The van der Waals surface area contributed by atoms with Crippen molar-refractivity contribution >= 4 is 0 Å². The van der Waals surface area contributed by atoms with Crippen molar-refractivity contribution in [1.82, 2.24) is 0 Å². The molecule has 47 valence electrons. The first kappa shape index (κ1) is 6.34. The summed E-state index contributed by atoms with van der Waals surface area (Å²) in [4.78, 5) is 0. The summed E-state index contributed by atoms with van der Waals surface area (Å²) in [6.45, 7) is 7.70. The zero-order chi connectivity index (χ0) is 6.74. The Morgan fingerprint density at radius 1 is 1.44 bits per heavy atom. The van der Waals surface area contributed by atoms with Gasteiger partial charge in [0.05, 0.1) is 0 Å². The van der Waals surface area contributed by atoms with Crippen LogP contribution in [0.3, 0.4) is 0 Å². The van der Waals surface area contributed by atoms with Gasteiger partial charge in [0.15, 0.2) is 0 Å². The van der Waals surface area contributed by atoms with Gasteiger partial charge in [-0.15, -0.1) is 6.58 Å². The minimum atomic E-state index is -0.0330. The first-order valence-electron chi connectivity index (χ1n) is 3.10. The van der Waals surface area contributed by atoms with Gasteiger partial charge in [-0.3, -0.25) is 0 Å². The molecule has 0 heterocycles. The van der Waals surface area contributed by atoms with Crippen molar-refractivity contribution in [2.75, 3.05) is 0 Å². The van der Waals surface area contributed by atoms with Crippen LogP contribution in [0.4, 0.5) is 0 Å². The van der Waals surface area contributed by atoms with Crippen molar-refractivity contribution in [3.63, 3.8) is 0 Å². The molecule has 0 saturated carbocycles. The minimum absolute atomic E-state index is 0.0330.